The van der Waals surface area contributed by atoms with E-state index in [0.717, 1.165) is 32.1 Å². The molecule has 1 saturated carbocycles. The normalized spacial score (nSPS) is 31.1. The molecule has 0 aromatic carbocycles. The van der Waals surface area contributed by atoms with E-state index in [2.05, 4.69) is 39.9 Å². The predicted molar refractivity (Wildman–Crippen MR) is 76.2 cm³/mol. The van der Waals surface area contributed by atoms with E-state index in [0.29, 0.717) is 17.4 Å². The summed E-state index contributed by atoms with van der Waals surface area (Å²) in [6.07, 6.45) is 4.98. The number of nitrogens with one attached hydrogen (secondary N) is 1. The molecular formula is C15H30N2O. The monoisotopic (exact) mass is 254 g/mol. The van der Waals surface area contributed by atoms with Crippen LogP contribution >= 0.6 is 0 Å². The fraction of sp³-hybridized carbons (Fsp3) is 0.933. The Morgan fingerprint density at radius 2 is 1.89 bits per heavy atom. The van der Waals surface area contributed by atoms with Gasteiger partial charge in [-0.2, -0.15) is 0 Å². The smallest absolute Gasteiger partial charge is 0.237 e. The minimum Gasteiger partial charge on any atom is -0.368 e. The summed E-state index contributed by atoms with van der Waals surface area (Å²) in [5.74, 6) is 0.527. The molecular weight excluding hydrogens is 224 g/mol. The first-order valence-corrected chi connectivity index (χ1v) is 7.29. The fourth-order valence-electron chi connectivity index (χ4n) is 3.01. The Kier molecular flexibility index (Phi) is 4.82. The van der Waals surface area contributed by atoms with Gasteiger partial charge >= 0.3 is 0 Å². The van der Waals surface area contributed by atoms with Crippen molar-refractivity contribution in [2.45, 2.75) is 78.3 Å². The maximum Gasteiger partial charge on any atom is 0.237 e. The molecule has 1 amide bonds. The van der Waals surface area contributed by atoms with Gasteiger partial charge in [0.25, 0.3) is 0 Å². The van der Waals surface area contributed by atoms with Gasteiger partial charge in [-0.05, 0) is 50.4 Å². The third-order valence-electron chi connectivity index (χ3n) is 4.67. The second-order valence-corrected chi connectivity index (χ2v) is 7.04. The number of hydrogen-bond acceptors (Lipinski definition) is 2. The molecule has 1 aliphatic carbocycles. The molecule has 1 atom stereocenters. The second kappa shape index (κ2) is 5.60. The molecule has 0 saturated heterocycles. The number of nitrogens with two attached hydrogens (primary N) is 1. The average molecular weight is 254 g/mol. The van der Waals surface area contributed by atoms with E-state index in [-0.39, 0.29) is 5.91 Å². The van der Waals surface area contributed by atoms with Crippen molar-refractivity contribution in [2.75, 3.05) is 0 Å². The van der Waals surface area contributed by atoms with Crippen molar-refractivity contribution in [1.29, 1.82) is 0 Å². The largest absolute Gasteiger partial charge is 0.368 e. The number of rotatable bonds is 4. The first-order chi connectivity index (χ1) is 8.21. The minimum absolute atomic E-state index is 0.171. The summed E-state index contributed by atoms with van der Waals surface area (Å²) in [7, 11) is 0. The number of carbonyl (C=O) groups is 1. The average Bonchev–Trinajstić information content (AvgIpc) is 2.28. The Balaban J connectivity index is 2.72. The van der Waals surface area contributed by atoms with Crippen molar-refractivity contribution in [3.63, 3.8) is 0 Å². The number of carbonyl (C=O) groups excluding carboxylic acids is 1. The lowest BCUT2D eigenvalue weighted by molar-refractivity contribution is -0.127. The van der Waals surface area contributed by atoms with E-state index in [1.807, 2.05) is 0 Å². The molecule has 3 N–H and O–H groups in total. The lowest BCUT2D eigenvalue weighted by Gasteiger charge is -2.44. The third-order valence-corrected chi connectivity index (χ3v) is 4.67. The molecule has 0 aliphatic heterocycles. The van der Waals surface area contributed by atoms with Gasteiger partial charge in [-0.15, -0.1) is 0 Å². The SMILES string of the molecule is CCC(C)NC1(C(N)=O)CCC(C(C)(C)C)CC1. The quantitative estimate of drug-likeness (QED) is 0.810. The molecule has 1 aliphatic rings. The highest BCUT2D eigenvalue weighted by atomic mass is 16.1. The van der Waals surface area contributed by atoms with Crippen LogP contribution in [-0.4, -0.2) is 17.5 Å². The number of primary amides is 1. The summed E-state index contributed by atoms with van der Waals surface area (Å²) in [6, 6.07) is 0.351. The van der Waals surface area contributed by atoms with Crippen molar-refractivity contribution in [2.24, 2.45) is 17.1 Å². The summed E-state index contributed by atoms with van der Waals surface area (Å²) in [5.41, 5.74) is 5.53. The van der Waals surface area contributed by atoms with Crippen molar-refractivity contribution >= 4 is 5.91 Å². The Morgan fingerprint density at radius 3 is 2.22 bits per heavy atom. The molecule has 0 spiro atoms. The molecule has 0 heterocycles. The predicted octanol–water partition coefficient (Wildman–Crippen LogP) is 2.83. The second-order valence-electron chi connectivity index (χ2n) is 7.04. The summed E-state index contributed by atoms with van der Waals surface area (Å²) in [5, 5.41) is 3.48. The van der Waals surface area contributed by atoms with Crippen molar-refractivity contribution in [1.82, 2.24) is 5.32 Å². The van der Waals surface area contributed by atoms with E-state index >= 15 is 0 Å². The third kappa shape index (κ3) is 3.47. The first-order valence-electron chi connectivity index (χ1n) is 7.29. The van der Waals surface area contributed by atoms with Gasteiger partial charge in [0.05, 0.1) is 5.54 Å². The molecule has 106 valence electrons. The van der Waals surface area contributed by atoms with Crippen LogP contribution in [0.2, 0.25) is 0 Å². The Bertz CT molecular complexity index is 285. The van der Waals surface area contributed by atoms with Gasteiger partial charge in [0, 0.05) is 6.04 Å². The van der Waals surface area contributed by atoms with Crippen LogP contribution in [0.5, 0.6) is 0 Å². The first kappa shape index (κ1) is 15.5. The molecule has 3 heteroatoms. The zero-order valence-corrected chi connectivity index (χ0v) is 12.7. The lowest BCUT2D eigenvalue weighted by atomic mass is 9.67. The summed E-state index contributed by atoms with van der Waals surface area (Å²) >= 11 is 0. The maximum atomic E-state index is 11.8. The zero-order chi connectivity index (χ0) is 14.0. The van der Waals surface area contributed by atoms with E-state index in [4.69, 9.17) is 5.73 Å². The van der Waals surface area contributed by atoms with Crippen LogP contribution in [0.3, 0.4) is 0 Å². The summed E-state index contributed by atoms with van der Waals surface area (Å²) in [4.78, 5) is 11.8. The van der Waals surface area contributed by atoms with Gasteiger partial charge in [0.15, 0.2) is 0 Å². The van der Waals surface area contributed by atoms with Crippen LogP contribution in [0.25, 0.3) is 0 Å². The van der Waals surface area contributed by atoms with Crippen LogP contribution in [0.15, 0.2) is 0 Å². The maximum absolute atomic E-state index is 11.8. The lowest BCUT2D eigenvalue weighted by Crippen LogP contribution is -2.60. The standard InChI is InChI=1S/C15H30N2O/c1-6-11(2)17-15(13(16)18)9-7-12(8-10-15)14(3,4)5/h11-12,17H,6-10H2,1-5H3,(H2,16,18). The van der Waals surface area contributed by atoms with Crippen molar-refractivity contribution in [3.8, 4) is 0 Å². The molecule has 18 heavy (non-hydrogen) atoms. The van der Waals surface area contributed by atoms with E-state index in [1.54, 1.807) is 0 Å². The Morgan fingerprint density at radius 1 is 1.39 bits per heavy atom. The highest BCUT2D eigenvalue weighted by Gasteiger charge is 2.43. The highest BCUT2D eigenvalue weighted by Crippen LogP contribution is 2.41. The molecule has 1 rings (SSSR count). The van der Waals surface area contributed by atoms with Gasteiger partial charge in [-0.1, -0.05) is 27.7 Å². The minimum atomic E-state index is -0.461. The zero-order valence-electron chi connectivity index (χ0n) is 12.7. The van der Waals surface area contributed by atoms with Crippen LogP contribution in [0, 0.1) is 11.3 Å². The van der Waals surface area contributed by atoms with Gasteiger partial charge in [-0.3, -0.25) is 4.79 Å². The topological polar surface area (TPSA) is 55.1 Å². The molecule has 0 radical (unpaired) electrons. The Hall–Kier alpha value is -0.570. The van der Waals surface area contributed by atoms with Crippen LogP contribution in [0.1, 0.15) is 66.7 Å². The molecule has 3 nitrogen and oxygen atoms in total. The molecule has 0 bridgehead atoms. The van der Waals surface area contributed by atoms with Crippen molar-refractivity contribution < 1.29 is 4.79 Å². The number of amides is 1. The van der Waals surface area contributed by atoms with E-state index in [9.17, 15) is 4.79 Å². The van der Waals surface area contributed by atoms with Crippen molar-refractivity contribution in [3.05, 3.63) is 0 Å². The summed E-state index contributed by atoms with van der Waals surface area (Å²) in [6.45, 7) is 11.1. The van der Waals surface area contributed by atoms with Gasteiger partial charge in [0.1, 0.15) is 0 Å². The van der Waals surface area contributed by atoms with Gasteiger partial charge in [-0.25, -0.2) is 0 Å². The van der Waals surface area contributed by atoms with E-state index < -0.39 is 5.54 Å². The van der Waals surface area contributed by atoms with Crippen LogP contribution < -0.4 is 11.1 Å². The fourth-order valence-corrected chi connectivity index (χ4v) is 3.01. The van der Waals surface area contributed by atoms with Crippen LogP contribution in [0.4, 0.5) is 0 Å². The molecule has 0 aromatic heterocycles. The molecule has 1 fully saturated rings. The van der Waals surface area contributed by atoms with Gasteiger partial charge in [0.2, 0.25) is 5.91 Å². The Labute approximate surface area is 112 Å². The van der Waals surface area contributed by atoms with Crippen LogP contribution in [-0.2, 0) is 4.79 Å². The number of hydrogen-bond donors (Lipinski definition) is 2. The highest BCUT2D eigenvalue weighted by molar-refractivity contribution is 5.84. The summed E-state index contributed by atoms with van der Waals surface area (Å²) < 4.78 is 0. The van der Waals surface area contributed by atoms with Gasteiger partial charge < -0.3 is 11.1 Å². The molecule has 1 unspecified atom stereocenters. The molecule has 0 aromatic rings. The van der Waals surface area contributed by atoms with E-state index in [1.165, 1.54) is 0 Å².